The number of rotatable bonds is 1. The van der Waals surface area contributed by atoms with Crippen molar-refractivity contribution < 1.29 is 0 Å². The summed E-state index contributed by atoms with van der Waals surface area (Å²) in [5.41, 5.74) is 11.3. The van der Waals surface area contributed by atoms with Crippen molar-refractivity contribution in [2.75, 3.05) is 9.80 Å². The summed E-state index contributed by atoms with van der Waals surface area (Å²) in [5.74, 6) is 0. The summed E-state index contributed by atoms with van der Waals surface area (Å²) < 4.78 is 2.68. The molecule has 3 heteroatoms. The van der Waals surface area contributed by atoms with E-state index in [2.05, 4.69) is 134 Å². The second kappa shape index (κ2) is 7.24. The molecule has 8 rings (SSSR count). The van der Waals surface area contributed by atoms with Crippen LogP contribution in [-0.4, -0.2) is 0 Å². The van der Waals surface area contributed by atoms with Crippen LogP contribution in [0.4, 0.5) is 34.1 Å². The molecule has 0 atom stereocenters. The summed E-state index contributed by atoms with van der Waals surface area (Å²) in [5, 5.41) is 2.68. The second-order valence-electron chi connectivity index (χ2n) is 10.8. The van der Waals surface area contributed by atoms with Gasteiger partial charge in [0.15, 0.2) is 0 Å². The normalized spacial score (nSPS) is 15.0. The second-order valence-corrected chi connectivity index (χ2v) is 11.8. The van der Waals surface area contributed by atoms with Gasteiger partial charge in [-0.15, -0.1) is 11.3 Å². The Labute approximate surface area is 221 Å². The molecule has 178 valence electrons. The topological polar surface area (TPSA) is 6.48 Å². The molecule has 2 nitrogen and oxygen atoms in total. The first-order valence-electron chi connectivity index (χ1n) is 12.9. The molecule has 0 bridgehead atoms. The minimum Gasteiger partial charge on any atom is -0.306 e. The fourth-order valence-electron chi connectivity index (χ4n) is 6.43. The van der Waals surface area contributed by atoms with E-state index in [1.165, 1.54) is 71.0 Å². The van der Waals surface area contributed by atoms with Crippen molar-refractivity contribution >= 4 is 65.6 Å². The van der Waals surface area contributed by atoms with Gasteiger partial charge >= 0.3 is 0 Å². The number of thiophene rings is 1. The van der Waals surface area contributed by atoms with Crippen LogP contribution >= 0.6 is 11.3 Å². The monoisotopic (exact) mass is 494 g/mol. The number of aryl methyl sites for hydroxylation is 1. The highest BCUT2D eigenvalue weighted by Gasteiger charge is 2.42. The third-order valence-electron chi connectivity index (χ3n) is 8.20. The predicted molar refractivity (Wildman–Crippen MR) is 159 cm³/mol. The van der Waals surface area contributed by atoms with Crippen molar-refractivity contribution in [1.82, 2.24) is 0 Å². The summed E-state index contributed by atoms with van der Waals surface area (Å²) in [6, 6.07) is 38.3. The van der Waals surface area contributed by atoms with E-state index in [-0.39, 0.29) is 5.41 Å². The number of hydrogen-bond donors (Lipinski definition) is 0. The van der Waals surface area contributed by atoms with Crippen molar-refractivity contribution in [2.45, 2.75) is 26.2 Å². The first-order chi connectivity index (χ1) is 18.0. The Morgan fingerprint density at radius 1 is 0.568 bits per heavy atom. The fourth-order valence-corrected chi connectivity index (χ4v) is 7.50. The Hall–Kier alpha value is -4.08. The average molecular weight is 495 g/mol. The van der Waals surface area contributed by atoms with E-state index in [0.717, 1.165) is 0 Å². The summed E-state index contributed by atoms with van der Waals surface area (Å²) >= 11 is 1.88. The van der Waals surface area contributed by atoms with Crippen LogP contribution in [0.5, 0.6) is 0 Å². The van der Waals surface area contributed by atoms with Crippen LogP contribution in [0.15, 0.2) is 103 Å². The van der Waals surface area contributed by atoms with Gasteiger partial charge < -0.3 is 9.80 Å². The maximum atomic E-state index is 2.49. The number of anilines is 6. The highest BCUT2D eigenvalue weighted by Crippen LogP contribution is 2.61. The summed E-state index contributed by atoms with van der Waals surface area (Å²) in [4.78, 5) is 4.95. The van der Waals surface area contributed by atoms with Gasteiger partial charge in [-0.3, -0.25) is 0 Å². The Kier molecular flexibility index (Phi) is 4.12. The van der Waals surface area contributed by atoms with Crippen molar-refractivity contribution in [3.8, 4) is 0 Å². The van der Waals surface area contributed by atoms with Gasteiger partial charge in [0, 0.05) is 31.3 Å². The van der Waals surface area contributed by atoms with Crippen molar-refractivity contribution in [2.24, 2.45) is 0 Å². The van der Waals surface area contributed by atoms with Crippen molar-refractivity contribution in [3.05, 3.63) is 120 Å². The minimum atomic E-state index is -0.0958. The average Bonchev–Trinajstić information content (AvgIpc) is 3.28. The number of hydrogen-bond acceptors (Lipinski definition) is 3. The molecular weight excluding hydrogens is 468 g/mol. The molecule has 2 aliphatic heterocycles. The van der Waals surface area contributed by atoms with Gasteiger partial charge in [-0.25, -0.2) is 0 Å². The number of fused-ring (bicyclic) bond motifs is 7. The molecule has 5 aromatic carbocycles. The lowest BCUT2D eigenvalue weighted by atomic mass is 9.72. The summed E-state index contributed by atoms with van der Waals surface area (Å²) in [6.07, 6.45) is 0. The van der Waals surface area contributed by atoms with Crippen LogP contribution in [0.3, 0.4) is 0 Å². The van der Waals surface area contributed by atoms with Gasteiger partial charge in [0.25, 0.3) is 0 Å². The van der Waals surface area contributed by atoms with E-state index >= 15 is 0 Å². The number of para-hydroxylation sites is 4. The molecule has 0 radical (unpaired) electrons. The quantitative estimate of drug-likeness (QED) is 0.224. The Morgan fingerprint density at radius 2 is 1.19 bits per heavy atom. The highest BCUT2D eigenvalue weighted by molar-refractivity contribution is 7.25. The lowest BCUT2D eigenvalue weighted by Crippen LogP contribution is -2.34. The van der Waals surface area contributed by atoms with E-state index in [1.54, 1.807) is 0 Å². The zero-order valence-electron chi connectivity index (χ0n) is 21.1. The molecule has 2 aliphatic rings. The molecule has 0 aliphatic carbocycles. The van der Waals surface area contributed by atoms with Gasteiger partial charge in [0.05, 0.1) is 28.4 Å². The number of nitrogens with zero attached hydrogens (tertiary/aromatic N) is 2. The van der Waals surface area contributed by atoms with Crippen LogP contribution < -0.4 is 9.80 Å². The molecule has 0 saturated carbocycles. The largest absolute Gasteiger partial charge is 0.306 e. The summed E-state index contributed by atoms with van der Waals surface area (Å²) in [7, 11) is 0. The van der Waals surface area contributed by atoms with Gasteiger partial charge in [0.2, 0.25) is 0 Å². The van der Waals surface area contributed by atoms with Gasteiger partial charge in [0.1, 0.15) is 0 Å². The van der Waals surface area contributed by atoms with E-state index in [1.807, 2.05) is 11.3 Å². The molecule has 1 aromatic heterocycles. The minimum absolute atomic E-state index is 0.0958. The first-order valence-corrected chi connectivity index (χ1v) is 13.7. The van der Waals surface area contributed by atoms with E-state index in [9.17, 15) is 0 Å². The van der Waals surface area contributed by atoms with Gasteiger partial charge in [-0.1, -0.05) is 67.9 Å². The Morgan fingerprint density at radius 3 is 2.00 bits per heavy atom. The SMILES string of the molecule is Cc1ccc2sc3ccc(N4c5ccccc5N5c6ccccc6C(C)(C)c6cccc4c65)cc3c2c1. The lowest BCUT2D eigenvalue weighted by Gasteiger charge is -2.48. The number of benzene rings is 5. The fraction of sp³-hybridized carbons (Fsp3) is 0.118. The maximum absolute atomic E-state index is 2.49. The van der Waals surface area contributed by atoms with Crippen LogP contribution in [0.25, 0.3) is 20.2 Å². The molecule has 0 spiro atoms. The maximum Gasteiger partial charge on any atom is 0.0744 e. The first kappa shape index (κ1) is 21.0. The van der Waals surface area contributed by atoms with Crippen LogP contribution in [0.1, 0.15) is 30.5 Å². The van der Waals surface area contributed by atoms with Gasteiger partial charge in [-0.2, -0.15) is 0 Å². The highest BCUT2D eigenvalue weighted by atomic mass is 32.1. The van der Waals surface area contributed by atoms with Crippen LogP contribution in [0.2, 0.25) is 0 Å². The third-order valence-corrected chi connectivity index (χ3v) is 9.35. The molecule has 0 amide bonds. The molecular formula is C34H26N2S. The van der Waals surface area contributed by atoms with Crippen molar-refractivity contribution in [1.29, 1.82) is 0 Å². The molecule has 6 aromatic rings. The molecule has 0 saturated heterocycles. The van der Waals surface area contributed by atoms with Gasteiger partial charge in [-0.05, 0) is 72.6 Å². The zero-order valence-corrected chi connectivity index (χ0v) is 21.9. The molecule has 0 N–H and O–H groups in total. The lowest BCUT2D eigenvalue weighted by molar-refractivity contribution is 0.631. The predicted octanol–water partition coefficient (Wildman–Crippen LogP) is 10.3. The molecule has 3 heterocycles. The smallest absolute Gasteiger partial charge is 0.0744 e. The van der Waals surface area contributed by atoms with E-state index in [0.29, 0.717) is 0 Å². The van der Waals surface area contributed by atoms with Crippen molar-refractivity contribution in [3.63, 3.8) is 0 Å². The third kappa shape index (κ3) is 2.75. The molecule has 0 fully saturated rings. The molecule has 0 unspecified atom stereocenters. The standard InChI is InChI=1S/C34H26N2S/c1-21-15-17-31-23(19-21)24-20-22(16-18-32(24)37-31)35-28-12-6-7-13-29(28)36-27-11-5-4-9-25(27)34(2,3)26-10-8-14-30(35)33(26)36/h4-20H,1-3H3. The van der Waals surface area contributed by atoms with Crippen LogP contribution in [-0.2, 0) is 5.41 Å². The molecule has 37 heavy (non-hydrogen) atoms. The van der Waals surface area contributed by atoms with E-state index in [4.69, 9.17) is 0 Å². The Bertz CT molecular complexity index is 1890. The summed E-state index contributed by atoms with van der Waals surface area (Å²) in [6.45, 7) is 6.89. The van der Waals surface area contributed by atoms with Crippen LogP contribution in [0, 0.1) is 6.92 Å². The van der Waals surface area contributed by atoms with E-state index < -0.39 is 0 Å². The zero-order chi connectivity index (χ0) is 24.9. The Balaban J connectivity index is 1.44.